The van der Waals surface area contributed by atoms with Gasteiger partial charge in [-0.25, -0.2) is 18.0 Å². The summed E-state index contributed by atoms with van der Waals surface area (Å²) in [5.74, 6) is -2.69. The highest BCUT2D eigenvalue weighted by molar-refractivity contribution is 7.90. The molecule has 2 heterocycles. The fraction of sp³-hybridized carbons (Fsp3) is 0.407. The summed E-state index contributed by atoms with van der Waals surface area (Å²) in [4.78, 5) is 48.6. The van der Waals surface area contributed by atoms with E-state index in [9.17, 15) is 27.6 Å². The van der Waals surface area contributed by atoms with Gasteiger partial charge in [-0.05, 0) is 59.7 Å². The van der Waals surface area contributed by atoms with E-state index < -0.39 is 44.6 Å². The molecule has 0 bridgehead atoms. The highest BCUT2D eigenvalue weighted by Gasteiger charge is 2.39. The minimum Gasteiger partial charge on any atom is -0.462 e. The standard InChI is InChI=1S/C27H30N4O8S/c1-26(2,14-27(3,4)16-39-25(35)18-7-10-20-21(13-18)29-30-28-20)15-38-24(34)17-5-8-19(9-6-17)40(36,37)31-22(32)11-12-23(31)33/h5-10,13H,11-12,14-16H2,1-4H3,(H,28,29,30). The molecule has 0 unspecified atom stereocenters. The van der Waals surface area contributed by atoms with Gasteiger partial charge in [-0.3, -0.25) is 9.59 Å². The van der Waals surface area contributed by atoms with Crippen molar-refractivity contribution in [2.45, 2.75) is 51.9 Å². The van der Waals surface area contributed by atoms with Crippen molar-refractivity contribution < 1.29 is 37.1 Å². The summed E-state index contributed by atoms with van der Waals surface area (Å²) in [7, 11) is -4.33. The number of sulfonamides is 1. The van der Waals surface area contributed by atoms with E-state index in [1.54, 1.807) is 18.2 Å². The highest BCUT2D eigenvalue weighted by Crippen LogP contribution is 2.34. The second-order valence-corrected chi connectivity index (χ2v) is 13.1. The fourth-order valence-electron chi connectivity index (χ4n) is 4.75. The molecule has 3 aromatic rings. The van der Waals surface area contributed by atoms with Crippen molar-refractivity contribution in [1.29, 1.82) is 0 Å². The third-order valence-electron chi connectivity index (χ3n) is 6.33. The molecular weight excluding hydrogens is 540 g/mol. The first-order valence-corrected chi connectivity index (χ1v) is 14.0. The van der Waals surface area contributed by atoms with Gasteiger partial charge >= 0.3 is 11.9 Å². The van der Waals surface area contributed by atoms with E-state index in [0.717, 1.165) is 12.1 Å². The summed E-state index contributed by atoms with van der Waals surface area (Å²) in [6.45, 7) is 7.92. The van der Waals surface area contributed by atoms with Crippen LogP contribution in [-0.2, 0) is 29.1 Å². The smallest absolute Gasteiger partial charge is 0.338 e. The van der Waals surface area contributed by atoms with Crippen LogP contribution >= 0.6 is 0 Å². The van der Waals surface area contributed by atoms with Crippen LogP contribution in [0.5, 0.6) is 0 Å². The van der Waals surface area contributed by atoms with E-state index in [0.29, 0.717) is 23.0 Å². The molecule has 0 saturated carbocycles. The fourth-order valence-corrected chi connectivity index (χ4v) is 6.16. The Balaban J connectivity index is 1.30. The quantitative estimate of drug-likeness (QED) is 0.282. The zero-order chi connectivity index (χ0) is 29.3. The van der Waals surface area contributed by atoms with Crippen molar-refractivity contribution in [2.24, 2.45) is 10.8 Å². The average molecular weight is 571 g/mol. The van der Waals surface area contributed by atoms with Gasteiger partial charge in [-0.2, -0.15) is 19.7 Å². The van der Waals surface area contributed by atoms with Crippen molar-refractivity contribution >= 4 is 44.8 Å². The minimum atomic E-state index is -4.33. The van der Waals surface area contributed by atoms with Crippen LogP contribution in [0.25, 0.3) is 11.0 Å². The number of carbonyl (C=O) groups is 4. The monoisotopic (exact) mass is 570 g/mol. The summed E-state index contributed by atoms with van der Waals surface area (Å²) < 4.78 is 36.7. The number of aromatic amines is 1. The molecule has 0 aliphatic carbocycles. The van der Waals surface area contributed by atoms with Gasteiger partial charge in [-0.1, -0.05) is 27.7 Å². The number of carbonyl (C=O) groups excluding carboxylic acids is 4. The Morgan fingerprint density at radius 3 is 1.90 bits per heavy atom. The van der Waals surface area contributed by atoms with Gasteiger partial charge in [0, 0.05) is 12.8 Å². The van der Waals surface area contributed by atoms with Crippen molar-refractivity contribution in [2.75, 3.05) is 13.2 Å². The molecule has 1 aliphatic rings. The van der Waals surface area contributed by atoms with Crippen LogP contribution in [0, 0.1) is 10.8 Å². The molecule has 13 heteroatoms. The lowest BCUT2D eigenvalue weighted by atomic mass is 9.76. The third kappa shape index (κ3) is 6.36. The van der Waals surface area contributed by atoms with E-state index in [4.69, 9.17) is 9.47 Å². The third-order valence-corrected chi connectivity index (χ3v) is 8.09. The lowest BCUT2D eigenvalue weighted by Gasteiger charge is -2.34. The molecule has 1 saturated heterocycles. The summed E-state index contributed by atoms with van der Waals surface area (Å²) in [6.07, 6.45) is 0.243. The van der Waals surface area contributed by atoms with Crippen molar-refractivity contribution in [3.8, 4) is 0 Å². The van der Waals surface area contributed by atoms with E-state index >= 15 is 0 Å². The Bertz CT molecular complexity index is 1560. The molecule has 2 aromatic carbocycles. The predicted octanol–water partition coefficient (Wildman–Crippen LogP) is 3.25. The topological polar surface area (TPSA) is 166 Å². The number of ether oxygens (including phenoxy) is 2. The first-order valence-electron chi connectivity index (χ1n) is 12.5. The van der Waals surface area contributed by atoms with Gasteiger partial charge in [-0.15, -0.1) is 0 Å². The van der Waals surface area contributed by atoms with Gasteiger partial charge in [0.05, 0.1) is 29.2 Å². The number of H-pyrrole nitrogens is 1. The maximum atomic E-state index is 12.7. The lowest BCUT2D eigenvalue weighted by Crippen LogP contribution is -2.35. The van der Waals surface area contributed by atoms with Crippen LogP contribution in [-0.4, -0.2) is 65.1 Å². The summed E-state index contributed by atoms with van der Waals surface area (Å²) in [5, 5.41) is 10.4. The molecule has 0 radical (unpaired) electrons. The van der Waals surface area contributed by atoms with Gasteiger partial charge in [0.25, 0.3) is 10.0 Å². The van der Waals surface area contributed by atoms with Gasteiger partial charge in [0.1, 0.15) is 11.0 Å². The van der Waals surface area contributed by atoms with Crippen LogP contribution in [0.4, 0.5) is 0 Å². The number of rotatable bonds is 10. The van der Waals surface area contributed by atoms with E-state index in [-0.39, 0.29) is 40.8 Å². The summed E-state index contributed by atoms with van der Waals surface area (Å²) >= 11 is 0. The van der Waals surface area contributed by atoms with Crippen LogP contribution in [0.3, 0.4) is 0 Å². The highest BCUT2D eigenvalue weighted by atomic mass is 32.2. The van der Waals surface area contributed by atoms with E-state index in [2.05, 4.69) is 15.4 Å². The van der Waals surface area contributed by atoms with Crippen molar-refractivity contribution in [3.05, 3.63) is 53.6 Å². The van der Waals surface area contributed by atoms with Gasteiger partial charge in [0.2, 0.25) is 11.8 Å². The molecule has 1 N–H and O–H groups in total. The molecule has 1 fully saturated rings. The Morgan fingerprint density at radius 1 is 0.825 bits per heavy atom. The number of hydrogen-bond acceptors (Lipinski definition) is 10. The molecule has 4 rings (SSSR count). The molecule has 1 aliphatic heterocycles. The Hall–Kier alpha value is -4.13. The maximum Gasteiger partial charge on any atom is 0.338 e. The van der Waals surface area contributed by atoms with E-state index in [1.807, 2.05) is 27.7 Å². The summed E-state index contributed by atoms with van der Waals surface area (Å²) in [5.41, 5.74) is 0.762. The molecule has 2 amide bonds. The largest absolute Gasteiger partial charge is 0.462 e. The predicted molar refractivity (Wildman–Crippen MR) is 141 cm³/mol. The molecule has 212 valence electrons. The SMILES string of the molecule is CC(C)(COC(=O)c1ccc(S(=O)(=O)N2C(=O)CCC2=O)cc1)CC(C)(C)COC(=O)c1ccc2n[nH]nc2c1. The molecular formula is C27H30N4O8S. The summed E-state index contributed by atoms with van der Waals surface area (Å²) in [6, 6.07) is 9.77. The minimum absolute atomic E-state index is 0.0584. The number of nitrogens with zero attached hydrogens (tertiary/aromatic N) is 3. The van der Waals surface area contributed by atoms with Gasteiger partial charge in [0.15, 0.2) is 0 Å². The molecule has 12 nitrogen and oxygen atoms in total. The van der Waals surface area contributed by atoms with Crippen molar-refractivity contribution in [1.82, 2.24) is 19.7 Å². The number of hydrogen-bond donors (Lipinski definition) is 1. The van der Waals surface area contributed by atoms with Gasteiger partial charge < -0.3 is 9.47 Å². The van der Waals surface area contributed by atoms with Crippen molar-refractivity contribution in [3.63, 3.8) is 0 Å². The van der Waals surface area contributed by atoms with Crippen LogP contribution in [0.15, 0.2) is 47.4 Å². The van der Waals surface area contributed by atoms with Crippen LogP contribution < -0.4 is 0 Å². The molecule has 1 aromatic heterocycles. The Labute approximate surface area is 231 Å². The Morgan fingerprint density at radius 2 is 1.32 bits per heavy atom. The number of nitrogens with one attached hydrogen (secondary N) is 1. The normalized spacial score (nSPS) is 14.6. The second kappa shape index (κ2) is 10.8. The second-order valence-electron chi connectivity index (χ2n) is 11.3. The molecule has 40 heavy (non-hydrogen) atoms. The zero-order valence-electron chi connectivity index (χ0n) is 22.6. The van der Waals surface area contributed by atoms with Crippen LogP contribution in [0.2, 0.25) is 0 Å². The zero-order valence-corrected chi connectivity index (χ0v) is 23.4. The molecule has 0 atom stereocenters. The maximum absolute atomic E-state index is 12.7. The number of fused-ring (bicyclic) bond motifs is 1. The molecule has 0 spiro atoms. The number of aromatic nitrogens is 3. The number of benzene rings is 2. The average Bonchev–Trinajstić information content (AvgIpc) is 3.50. The Kier molecular flexibility index (Phi) is 7.79. The number of amides is 2. The first kappa shape index (κ1) is 28.9. The number of esters is 2. The number of imide groups is 1. The first-order chi connectivity index (χ1) is 18.7. The van der Waals surface area contributed by atoms with E-state index in [1.165, 1.54) is 12.1 Å². The lowest BCUT2D eigenvalue weighted by molar-refractivity contribution is -0.132. The van der Waals surface area contributed by atoms with Crippen LogP contribution in [0.1, 0.15) is 67.7 Å².